The monoisotopic (exact) mass is 803 g/mol. The fourth-order valence-electron chi connectivity index (χ4n) is 7.80. The molecule has 1 saturated heterocycles. The zero-order valence-electron chi connectivity index (χ0n) is 32.5. The van der Waals surface area contributed by atoms with Crippen LogP contribution in [0.15, 0.2) is 36.5 Å². The van der Waals surface area contributed by atoms with Gasteiger partial charge in [-0.1, -0.05) is 26.0 Å². The number of carbonyl (C=O) groups excluding carboxylic acids is 4. The number of methoxy groups -OCH3 is 1. The number of nitrogens with one attached hydrogen (secondary N) is 3. The van der Waals surface area contributed by atoms with Crippen molar-refractivity contribution >= 4 is 44.6 Å². The van der Waals surface area contributed by atoms with Gasteiger partial charge in [0.1, 0.15) is 52.3 Å². The lowest BCUT2D eigenvalue weighted by atomic mass is 9.88. The Morgan fingerprint density at radius 1 is 1.12 bits per heavy atom. The van der Waals surface area contributed by atoms with E-state index in [0.717, 1.165) is 0 Å². The molecular formula is C39H51F2N5O9S. The van der Waals surface area contributed by atoms with Gasteiger partial charge in [-0.2, -0.15) is 0 Å². The third-order valence-electron chi connectivity index (χ3n) is 11.2. The molecule has 1 aromatic carbocycles. The summed E-state index contributed by atoms with van der Waals surface area (Å²) in [6, 6.07) is 1.69. The lowest BCUT2D eigenvalue weighted by Gasteiger charge is -2.33. The SMILES string of the molecule is COc1cc(F)cc2c(O[C@@H]3C[C@H]4C(=O)N[C@]5(C(=O)NS(=O)(=O)C6(CF)CC6)C[C@H]5/C=C\CC[C@H](C)C[C@@H](C)[C@H](NC(=O)OC(C)(C)C)C(=O)N4C3)nccc12. The minimum absolute atomic E-state index is 0.0295. The predicted molar refractivity (Wildman–Crippen MR) is 201 cm³/mol. The molecule has 14 nitrogen and oxygen atoms in total. The molecule has 3 heterocycles. The van der Waals surface area contributed by atoms with Crippen LogP contribution < -0.4 is 24.8 Å². The van der Waals surface area contributed by atoms with Crippen LogP contribution in [0.1, 0.15) is 79.6 Å². The van der Waals surface area contributed by atoms with Crippen LogP contribution in [0.4, 0.5) is 13.6 Å². The average molecular weight is 804 g/mol. The van der Waals surface area contributed by atoms with E-state index >= 15 is 0 Å². The van der Waals surface area contributed by atoms with E-state index in [-0.39, 0.29) is 49.8 Å². The maximum absolute atomic E-state index is 14.7. The summed E-state index contributed by atoms with van der Waals surface area (Å²) in [5.41, 5.74) is -2.57. The summed E-state index contributed by atoms with van der Waals surface area (Å²) >= 11 is 0. The molecule has 4 aliphatic rings. The van der Waals surface area contributed by atoms with E-state index in [1.54, 1.807) is 32.9 Å². The number of alkyl halides is 1. The van der Waals surface area contributed by atoms with Gasteiger partial charge in [0.2, 0.25) is 27.7 Å². The standard InChI is InChI=1S/C39H51F2N5O9S/c1-22-9-7-8-10-24-19-39(24,35(49)45-56(51,52)38(21-40)12-13-38)44-32(47)29-18-26(54-33-28-16-25(41)17-30(53-6)27(28)11-14-42-33)20-46(29)34(48)31(23(2)15-22)43-36(50)55-37(3,4)5/h8,10-11,14,16-17,22-24,26,29,31H,7,9,12-13,15,18-21H2,1-6H3,(H,43,50)(H,44,47)(H,45,49)/b10-8-/t22-,23+,24+,26+,29-,31-,39+/m0/s1. The lowest BCUT2D eigenvalue weighted by molar-refractivity contribution is -0.142. The van der Waals surface area contributed by atoms with Crippen LogP contribution in [0.25, 0.3) is 10.8 Å². The van der Waals surface area contributed by atoms with Crippen molar-refractivity contribution in [3.8, 4) is 11.6 Å². The van der Waals surface area contributed by atoms with Crippen molar-refractivity contribution in [3.05, 3.63) is 42.4 Å². The van der Waals surface area contributed by atoms with Crippen LogP contribution in [-0.2, 0) is 29.1 Å². The first-order valence-corrected chi connectivity index (χ1v) is 20.5. The molecule has 0 unspecified atom stereocenters. The smallest absolute Gasteiger partial charge is 0.408 e. The number of nitrogens with zero attached hydrogens (tertiary/aromatic N) is 2. The molecular weight excluding hydrogens is 753 g/mol. The number of hydrogen-bond acceptors (Lipinski definition) is 10. The molecule has 6 rings (SSSR count). The summed E-state index contributed by atoms with van der Waals surface area (Å²) in [5.74, 6) is -3.58. The molecule has 4 amide bonds. The van der Waals surface area contributed by atoms with Gasteiger partial charge in [-0.15, -0.1) is 0 Å². The van der Waals surface area contributed by atoms with Gasteiger partial charge in [0.05, 0.1) is 19.0 Å². The average Bonchev–Trinajstić information content (AvgIpc) is 4.02. The van der Waals surface area contributed by atoms with Gasteiger partial charge in [0, 0.05) is 30.0 Å². The van der Waals surface area contributed by atoms with E-state index in [4.69, 9.17) is 14.2 Å². The van der Waals surface area contributed by atoms with Crippen LogP contribution in [-0.4, -0.2) is 96.5 Å². The van der Waals surface area contributed by atoms with E-state index in [2.05, 4.69) is 20.3 Å². The van der Waals surface area contributed by atoms with Gasteiger partial charge >= 0.3 is 6.09 Å². The normalized spacial score (nSPS) is 29.8. The number of amides is 4. The van der Waals surface area contributed by atoms with Gasteiger partial charge in [-0.25, -0.2) is 27.0 Å². The third kappa shape index (κ3) is 8.42. The summed E-state index contributed by atoms with van der Waals surface area (Å²) in [6.07, 6.45) is 5.35. The van der Waals surface area contributed by atoms with Crippen LogP contribution in [0.2, 0.25) is 0 Å². The first-order valence-electron chi connectivity index (χ1n) is 19.0. The first kappa shape index (κ1) is 41.1. The number of benzene rings is 1. The molecule has 2 aliphatic heterocycles. The second-order valence-corrected chi connectivity index (χ2v) is 18.8. The van der Waals surface area contributed by atoms with Crippen molar-refractivity contribution in [1.82, 2.24) is 25.2 Å². The van der Waals surface area contributed by atoms with Gasteiger partial charge in [-0.05, 0) is 83.3 Å². The molecule has 56 heavy (non-hydrogen) atoms. The highest BCUT2D eigenvalue weighted by atomic mass is 32.2. The lowest BCUT2D eigenvalue weighted by Crippen LogP contribution is -2.59. The number of ether oxygens (including phenoxy) is 3. The second kappa shape index (κ2) is 15.4. The van der Waals surface area contributed by atoms with Crippen LogP contribution in [0, 0.1) is 23.6 Å². The van der Waals surface area contributed by atoms with Crippen molar-refractivity contribution in [3.63, 3.8) is 0 Å². The molecule has 17 heteroatoms. The summed E-state index contributed by atoms with van der Waals surface area (Å²) in [6.45, 7) is 7.63. The first-order chi connectivity index (χ1) is 26.3. The van der Waals surface area contributed by atoms with Crippen molar-refractivity contribution in [2.45, 2.75) is 114 Å². The highest BCUT2D eigenvalue weighted by Crippen LogP contribution is 2.48. The number of rotatable bonds is 8. The number of carbonyl (C=O) groups is 4. The van der Waals surface area contributed by atoms with Gasteiger partial charge < -0.3 is 29.7 Å². The Morgan fingerprint density at radius 3 is 2.52 bits per heavy atom. The second-order valence-electron chi connectivity index (χ2n) is 16.8. The number of aromatic nitrogens is 1. The van der Waals surface area contributed by atoms with Crippen LogP contribution in [0.5, 0.6) is 11.6 Å². The number of fused-ring (bicyclic) bond motifs is 3. The largest absolute Gasteiger partial charge is 0.496 e. The topological polar surface area (TPSA) is 182 Å². The number of alkyl carbamates (subject to hydrolysis) is 1. The van der Waals surface area contributed by atoms with Crippen LogP contribution in [0.3, 0.4) is 0 Å². The maximum atomic E-state index is 14.7. The summed E-state index contributed by atoms with van der Waals surface area (Å²) in [7, 11) is -3.01. The maximum Gasteiger partial charge on any atom is 0.408 e. The molecule has 2 aliphatic carbocycles. The molecule has 2 saturated carbocycles. The highest BCUT2D eigenvalue weighted by molar-refractivity contribution is 7.91. The van der Waals surface area contributed by atoms with Crippen LogP contribution >= 0.6 is 0 Å². The summed E-state index contributed by atoms with van der Waals surface area (Å²) in [4.78, 5) is 61.9. The molecule has 306 valence electrons. The minimum Gasteiger partial charge on any atom is -0.496 e. The fraction of sp³-hybridized carbons (Fsp3) is 0.615. The molecule has 7 atom stereocenters. The zero-order valence-corrected chi connectivity index (χ0v) is 33.3. The van der Waals surface area contributed by atoms with E-state index in [9.17, 15) is 36.4 Å². The molecule has 3 N–H and O–H groups in total. The highest BCUT2D eigenvalue weighted by Gasteiger charge is 2.64. The van der Waals surface area contributed by atoms with E-state index < -0.39 is 92.2 Å². The number of halogens is 2. The Bertz CT molecular complexity index is 2020. The predicted octanol–water partition coefficient (Wildman–Crippen LogP) is 4.46. The van der Waals surface area contributed by atoms with E-state index in [0.29, 0.717) is 30.0 Å². The van der Waals surface area contributed by atoms with E-state index in [1.807, 2.05) is 19.9 Å². The Labute approximate surface area is 325 Å². The quantitative estimate of drug-likeness (QED) is 0.323. The minimum atomic E-state index is -4.41. The molecule has 0 spiro atoms. The van der Waals surface area contributed by atoms with Crippen molar-refractivity contribution < 1.29 is 50.6 Å². The summed E-state index contributed by atoms with van der Waals surface area (Å²) < 4.78 is 72.4. The molecule has 1 aromatic heterocycles. The number of allylic oxidation sites excluding steroid dienone is 1. The number of hydrogen-bond donors (Lipinski definition) is 3. The molecule has 3 fully saturated rings. The Balaban J connectivity index is 1.36. The number of pyridine rings is 1. The van der Waals surface area contributed by atoms with Gasteiger partial charge in [0.15, 0.2) is 0 Å². The Kier molecular flexibility index (Phi) is 11.3. The van der Waals surface area contributed by atoms with Crippen molar-refractivity contribution in [2.75, 3.05) is 20.3 Å². The molecule has 0 bridgehead atoms. The zero-order chi connectivity index (χ0) is 40.8. The van der Waals surface area contributed by atoms with Crippen molar-refractivity contribution in [1.29, 1.82) is 0 Å². The Morgan fingerprint density at radius 2 is 1.86 bits per heavy atom. The third-order valence-corrected chi connectivity index (χ3v) is 13.3. The van der Waals surface area contributed by atoms with Gasteiger partial charge in [-0.3, -0.25) is 19.1 Å². The fourth-order valence-corrected chi connectivity index (χ4v) is 9.22. The number of sulfonamides is 1. The summed E-state index contributed by atoms with van der Waals surface area (Å²) in [5, 5.41) is 6.34. The molecule has 0 radical (unpaired) electrons. The van der Waals surface area contributed by atoms with Crippen molar-refractivity contribution in [2.24, 2.45) is 17.8 Å². The Hall–Kier alpha value is -4.54. The van der Waals surface area contributed by atoms with Gasteiger partial charge in [0.25, 0.3) is 5.91 Å². The van der Waals surface area contributed by atoms with E-state index in [1.165, 1.54) is 30.3 Å². The molecule has 2 aromatic rings.